The molecule has 4 aromatic carbocycles. The first-order chi connectivity index (χ1) is 16.8. The average molecular weight is 866 g/mol. The Kier molecular flexibility index (Phi) is 14.5. The Morgan fingerprint density at radius 2 is 0.919 bits per heavy atom. The van der Waals surface area contributed by atoms with E-state index in [1.807, 2.05) is 0 Å². The zero-order valence-corrected chi connectivity index (χ0v) is 32.7. The first-order valence-electron chi connectivity index (χ1n) is 12.1. The number of rotatable bonds is 8. The van der Waals surface area contributed by atoms with Gasteiger partial charge in [0.15, 0.2) is 14.3 Å². The average Bonchev–Trinajstić information content (AvgIpc) is 2.80. The standard InChI is InChI=1S/C32H34I2O.2Y/c1-21-17-23(3)31(24(4)18-21)33-28-9-7-27(8-10-28)15-16-35-30-13-11-29(12-14-30)34-32-25(5)19-22(2)20-26(32)6;;/h7-14,17-20H,15-16H2,1-6H3;;/q+2;;. The normalized spacial score (nSPS) is 10.4. The Bertz CT molecular complexity index is 1170. The van der Waals surface area contributed by atoms with Crippen LogP contribution < -0.4 is 47.1 Å². The van der Waals surface area contributed by atoms with E-state index in [-0.39, 0.29) is 108 Å². The Morgan fingerprint density at radius 3 is 1.32 bits per heavy atom. The Balaban J connectivity index is 0.00000241. The third kappa shape index (κ3) is 9.74. The first-order valence-corrected chi connectivity index (χ1v) is 16.4. The molecule has 4 rings (SSSR count). The second-order valence-electron chi connectivity index (χ2n) is 9.29. The van der Waals surface area contributed by atoms with Crippen molar-refractivity contribution in [3.8, 4) is 5.75 Å². The SMILES string of the molecule is Cc1cc(C)c([I+]c2ccc(CCOc3ccc([I+]c4c(C)cc(C)cc4C)cc3)cc2)c(C)c1.[Y].[Y]. The van der Waals surface area contributed by atoms with Crippen LogP contribution in [0.1, 0.15) is 38.9 Å². The fourth-order valence-electron chi connectivity index (χ4n) is 4.44. The van der Waals surface area contributed by atoms with Crippen LogP contribution >= 0.6 is 0 Å². The molecule has 2 radical (unpaired) electrons. The predicted octanol–water partition coefficient (Wildman–Crippen LogP) is 1.41. The van der Waals surface area contributed by atoms with Crippen molar-refractivity contribution in [1.82, 2.24) is 0 Å². The van der Waals surface area contributed by atoms with Crippen LogP contribution in [0.2, 0.25) is 0 Å². The zero-order valence-electron chi connectivity index (χ0n) is 22.7. The zero-order chi connectivity index (χ0) is 24.9. The van der Waals surface area contributed by atoms with E-state index in [1.54, 1.807) is 7.14 Å². The van der Waals surface area contributed by atoms with Crippen LogP contribution in [-0.2, 0) is 71.8 Å². The van der Waals surface area contributed by atoms with E-state index in [0.29, 0.717) is 6.61 Å². The molecular weight excluding hydrogens is 832 g/mol. The molecule has 37 heavy (non-hydrogen) atoms. The molecule has 0 bridgehead atoms. The molecule has 186 valence electrons. The first kappa shape index (κ1) is 33.6. The van der Waals surface area contributed by atoms with E-state index in [0.717, 1.165) is 12.2 Å². The monoisotopic (exact) mass is 866 g/mol. The number of hydrogen-bond donors (Lipinski definition) is 0. The Hall–Kier alpha value is 0.348. The minimum Gasteiger partial charge on any atom is -0.493 e. The van der Waals surface area contributed by atoms with Gasteiger partial charge in [-0.1, -0.05) is 47.5 Å². The Morgan fingerprint density at radius 1 is 0.541 bits per heavy atom. The van der Waals surface area contributed by atoms with Crippen molar-refractivity contribution in [2.45, 2.75) is 48.0 Å². The van der Waals surface area contributed by atoms with E-state index in [4.69, 9.17) is 4.74 Å². The molecule has 0 saturated carbocycles. The van der Waals surface area contributed by atoms with Crippen LogP contribution in [0, 0.1) is 55.8 Å². The molecule has 0 heterocycles. The summed E-state index contributed by atoms with van der Waals surface area (Å²) in [6.45, 7) is 14.0. The minimum absolute atomic E-state index is 0. The molecule has 5 heteroatoms. The summed E-state index contributed by atoms with van der Waals surface area (Å²) in [5.41, 5.74) is 9.76. The summed E-state index contributed by atoms with van der Waals surface area (Å²) in [6, 6.07) is 27.2. The molecule has 0 amide bonds. The van der Waals surface area contributed by atoms with Gasteiger partial charge in [-0.05, 0) is 83.5 Å². The van der Waals surface area contributed by atoms with Gasteiger partial charge in [-0.25, -0.2) is 0 Å². The van der Waals surface area contributed by atoms with Gasteiger partial charge < -0.3 is 4.74 Å². The van der Waals surface area contributed by atoms with Crippen LogP contribution in [0.5, 0.6) is 5.75 Å². The molecule has 0 aliphatic rings. The van der Waals surface area contributed by atoms with Crippen LogP contribution in [0.3, 0.4) is 0 Å². The van der Waals surface area contributed by atoms with E-state index < -0.39 is 0 Å². The summed E-state index contributed by atoms with van der Waals surface area (Å²) >= 11 is -0.320. The van der Waals surface area contributed by atoms with Crippen molar-refractivity contribution in [2.24, 2.45) is 0 Å². The molecule has 0 atom stereocenters. The summed E-state index contributed by atoms with van der Waals surface area (Å²) in [5, 5.41) is 0. The van der Waals surface area contributed by atoms with Gasteiger partial charge >= 0.3 is 42.4 Å². The van der Waals surface area contributed by atoms with E-state index in [1.165, 1.54) is 46.1 Å². The molecule has 0 N–H and O–H groups in total. The third-order valence-electron chi connectivity index (χ3n) is 5.96. The van der Waals surface area contributed by atoms with Crippen LogP contribution in [0.25, 0.3) is 0 Å². The number of hydrogen-bond acceptors (Lipinski definition) is 1. The van der Waals surface area contributed by atoms with Gasteiger partial charge in [0.05, 0.1) is 6.61 Å². The summed E-state index contributed by atoms with van der Waals surface area (Å²) in [6.07, 6.45) is 0.928. The molecule has 0 aliphatic carbocycles. The molecule has 0 fully saturated rings. The molecule has 0 spiro atoms. The predicted molar refractivity (Wildman–Crippen MR) is 138 cm³/mol. The van der Waals surface area contributed by atoms with Crippen molar-refractivity contribution in [3.63, 3.8) is 0 Å². The molecule has 0 saturated heterocycles. The molecule has 0 unspecified atom stereocenters. The van der Waals surface area contributed by atoms with E-state index in [2.05, 4.69) is 114 Å². The summed E-state index contributed by atoms with van der Waals surface area (Å²) in [5.74, 6) is 0.961. The fourth-order valence-corrected chi connectivity index (χ4v) is 9.44. The number of aryl methyl sites for hydroxylation is 6. The van der Waals surface area contributed by atoms with Gasteiger partial charge in [-0.3, -0.25) is 0 Å². The number of ether oxygens (including phenoxy) is 1. The minimum atomic E-state index is -0.172. The second kappa shape index (κ2) is 16.0. The van der Waals surface area contributed by atoms with Gasteiger partial charge in [0.1, 0.15) is 5.75 Å². The molecule has 0 aliphatic heterocycles. The smallest absolute Gasteiger partial charge is 0.358 e. The quantitative estimate of drug-likeness (QED) is 0.244. The largest absolute Gasteiger partial charge is 0.493 e. The number of halogens is 2. The van der Waals surface area contributed by atoms with Crippen LogP contribution in [-0.4, -0.2) is 6.61 Å². The maximum atomic E-state index is 6.07. The summed E-state index contributed by atoms with van der Waals surface area (Å²) in [4.78, 5) is 0. The molecule has 4 aromatic rings. The van der Waals surface area contributed by atoms with Crippen molar-refractivity contribution in [3.05, 3.63) is 126 Å². The summed E-state index contributed by atoms with van der Waals surface area (Å²) in [7, 11) is 0. The van der Waals surface area contributed by atoms with Gasteiger partial charge in [0, 0.05) is 94.1 Å². The van der Waals surface area contributed by atoms with Gasteiger partial charge in [0.2, 0.25) is 0 Å². The third-order valence-corrected chi connectivity index (χ3v) is 13.1. The van der Waals surface area contributed by atoms with Gasteiger partial charge in [0.25, 0.3) is 0 Å². The van der Waals surface area contributed by atoms with E-state index >= 15 is 0 Å². The van der Waals surface area contributed by atoms with Gasteiger partial charge in [-0.15, -0.1) is 0 Å². The van der Waals surface area contributed by atoms with Crippen molar-refractivity contribution in [1.29, 1.82) is 0 Å². The maximum Gasteiger partial charge on any atom is 0.358 e. The molecule has 1 nitrogen and oxygen atoms in total. The number of benzene rings is 4. The summed E-state index contributed by atoms with van der Waals surface area (Å²) < 4.78 is 12.1. The maximum absolute atomic E-state index is 6.07. The topological polar surface area (TPSA) is 9.23 Å². The van der Waals surface area contributed by atoms with Crippen molar-refractivity contribution < 1.29 is 113 Å². The fraction of sp³-hybridized carbons (Fsp3) is 0.250. The van der Waals surface area contributed by atoms with E-state index in [9.17, 15) is 0 Å². The second-order valence-corrected chi connectivity index (χ2v) is 15.0. The van der Waals surface area contributed by atoms with Crippen LogP contribution in [0.15, 0.2) is 72.8 Å². The van der Waals surface area contributed by atoms with Crippen LogP contribution in [0.4, 0.5) is 0 Å². The molecular formula is C32H34I2OY2+2. The van der Waals surface area contributed by atoms with Crippen molar-refractivity contribution in [2.75, 3.05) is 6.61 Å². The molecule has 0 aromatic heterocycles. The van der Waals surface area contributed by atoms with Gasteiger partial charge in [-0.2, -0.15) is 0 Å². The van der Waals surface area contributed by atoms with Crippen molar-refractivity contribution >= 4 is 0 Å². The Labute approximate surface area is 294 Å².